The molecule has 2 rings (SSSR count). The molecule has 0 bridgehead atoms. The maximum absolute atomic E-state index is 5.81. The molecule has 3 nitrogen and oxygen atoms in total. The molecule has 0 amide bonds. The van der Waals surface area contributed by atoms with Gasteiger partial charge >= 0.3 is 0 Å². The molecular formula is C10H18O3. The van der Waals surface area contributed by atoms with Crippen LogP contribution < -0.4 is 0 Å². The number of hydrogen-bond acceptors (Lipinski definition) is 3. The van der Waals surface area contributed by atoms with E-state index in [9.17, 15) is 0 Å². The summed E-state index contributed by atoms with van der Waals surface area (Å²) in [5.41, 5.74) is 0. The molecule has 76 valence electrons. The minimum Gasteiger partial charge on any atom is -0.313 e. The van der Waals surface area contributed by atoms with Gasteiger partial charge < -0.3 is 4.74 Å². The zero-order chi connectivity index (χ0) is 9.36. The van der Waals surface area contributed by atoms with Crippen molar-refractivity contribution in [2.75, 3.05) is 0 Å². The Kier molecular flexibility index (Phi) is 2.34. The lowest BCUT2D eigenvalue weighted by Crippen LogP contribution is -2.32. The Labute approximate surface area is 79.3 Å². The molecule has 13 heavy (non-hydrogen) atoms. The Morgan fingerprint density at radius 3 is 1.92 bits per heavy atom. The van der Waals surface area contributed by atoms with Gasteiger partial charge in [-0.05, 0) is 26.7 Å². The van der Waals surface area contributed by atoms with E-state index in [0.29, 0.717) is 0 Å². The molecule has 0 aromatic rings. The predicted molar refractivity (Wildman–Crippen MR) is 47.8 cm³/mol. The standard InChI is InChI=1S/C10H18O3/c1-9(2)11-10(13-12-9)7-5-3-4-6-8-10/h3-8H2,1-2H3. The van der Waals surface area contributed by atoms with Gasteiger partial charge in [-0.3, -0.25) is 0 Å². The maximum atomic E-state index is 5.81. The van der Waals surface area contributed by atoms with Crippen molar-refractivity contribution in [1.82, 2.24) is 0 Å². The molecule has 1 saturated heterocycles. The lowest BCUT2D eigenvalue weighted by molar-refractivity contribution is -0.346. The minimum atomic E-state index is -0.565. The van der Waals surface area contributed by atoms with Crippen LogP contribution in [0.15, 0.2) is 0 Å². The molecule has 0 aromatic heterocycles. The van der Waals surface area contributed by atoms with Crippen molar-refractivity contribution >= 4 is 0 Å². The highest BCUT2D eigenvalue weighted by atomic mass is 17.3. The second-order valence-electron chi connectivity index (χ2n) is 4.49. The van der Waals surface area contributed by atoms with Gasteiger partial charge in [0.1, 0.15) is 0 Å². The average Bonchev–Trinajstić information content (AvgIpc) is 2.26. The highest BCUT2D eigenvalue weighted by molar-refractivity contribution is 4.77. The van der Waals surface area contributed by atoms with Crippen LogP contribution in [0.25, 0.3) is 0 Å². The molecule has 3 heteroatoms. The zero-order valence-corrected chi connectivity index (χ0v) is 8.47. The molecule has 1 aliphatic carbocycles. The molecule has 0 aromatic carbocycles. The summed E-state index contributed by atoms with van der Waals surface area (Å²) in [5.74, 6) is -0.996. The second kappa shape index (κ2) is 3.23. The van der Waals surface area contributed by atoms with Crippen LogP contribution in [0.2, 0.25) is 0 Å². The van der Waals surface area contributed by atoms with Gasteiger partial charge in [-0.25, -0.2) is 0 Å². The van der Waals surface area contributed by atoms with E-state index in [2.05, 4.69) is 0 Å². The summed E-state index contributed by atoms with van der Waals surface area (Å²) in [6, 6.07) is 0. The first-order chi connectivity index (χ1) is 6.12. The zero-order valence-electron chi connectivity index (χ0n) is 8.47. The van der Waals surface area contributed by atoms with Gasteiger partial charge in [-0.1, -0.05) is 12.8 Å². The summed E-state index contributed by atoms with van der Waals surface area (Å²) in [6.07, 6.45) is 6.87. The van der Waals surface area contributed by atoms with E-state index in [1.165, 1.54) is 25.7 Å². The monoisotopic (exact) mass is 186 g/mol. The molecule has 1 aliphatic heterocycles. The second-order valence-corrected chi connectivity index (χ2v) is 4.49. The van der Waals surface area contributed by atoms with Gasteiger partial charge in [0, 0.05) is 12.8 Å². The molecule has 0 unspecified atom stereocenters. The predicted octanol–water partition coefficient (Wildman–Crippen LogP) is 2.75. The van der Waals surface area contributed by atoms with Gasteiger partial charge in [0.25, 0.3) is 0 Å². The molecule has 0 atom stereocenters. The number of rotatable bonds is 0. The van der Waals surface area contributed by atoms with E-state index >= 15 is 0 Å². The quantitative estimate of drug-likeness (QED) is 0.544. The van der Waals surface area contributed by atoms with Gasteiger partial charge in [0.2, 0.25) is 5.79 Å². The van der Waals surface area contributed by atoms with Crippen molar-refractivity contribution in [3.8, 4) is 0 Å². The van der Waals surface area contributed by atoms with E-state index in [1.54, 1.807) is 0 Å². The fourth-order valence-corrected chi connectivity index (χ4v) is 2.11. The largest absolute Gasteiger partial charge is 0.313 e. The highest BCUT2D eigenvalue weighted by Crippen LogP contribution is 2.41. The Balaban J connectivity index is 2.03. The normalized spacial score (nSPS) is 31.8. The third-order valence-electron chi connectivity index (χ3n) is 2.69. The van der Waals surface area contributed by atoms with Gasteiger partial charge in [-0.15, -0.1) is 0 Å². The highest BCUT2D eigenvalue weighted by Gasteiger charge is 2.47. The lowest BCUT2D eigenvalue weighted by Gasteiger charge is -2.24. The van der Waals surface area contributed by atoms with Gasteiger partial charge in [-0.2, -0.15) is 9.78 Å². The van der Waals surface area contributed by atoms with Crippen LogP contribution in [0, 0.1) is 0 Å². The van der Waals surface area contributed by atoms with Crippen LogP contribution in [0.4, 0.5) is 0 Å². The Morgan fingerprint density at radius 2 is 1.46 bits per heavy atom. The molecule has 1 heterocycles. The van der Waals surface area contributed by atoms with Crippen LogP contribution in [0.5, 0.6) is 0 Å². The van der Waals surface area contributed by atoms with Crippen molar-refractivity contribution in [1.29, 1.82) is 0 Å². The van der Waals surface area contributed by atoms with Crippen LogP contribution in [-0.2, 0) is 14.5 Å². The third-order valence-corrected chi connectivity index (χ3v) is 2.69. The smallest absolute Gasteiger partial charge is 0.204 e. The van der Waals surface area contributed by atoms with E-state index in [0.717, 1.165) is 12.8 Å². The fourth-order valence-electron chi connectivity index (χ4n) is 2.11. The van der Waals surface area contributed by atoms with Crippen molar-refractivity contribution in [2.45, 2.75) is 63.9 Å². The topological polar surface area (TPSA) is 27.7 Å². The van der Waals surface area contributed by atoms with E-state index in [4.69, 9.17) is 14.5 Å². The summed E-state index contributed by atoms with van der Waals surface area (Å²) < 4.78 is 5.81. The molecule has 2 fully saturated rings. The summed E-state index contributed by atoms with van der Waals surface area (Å²) >= 11 is 0. The van der Waals surface area contributed by atoms with Gasteiger partial charge in [0.15, 0.2) is 5.79 Å². The van der Waals surface area contributed by atoms with Gasteiger partial charge in [0.05, 0.1) is 0 Å². The Hall–Kier alpha value is -0.120. The molecule has 2 aliphatic rings. The maximum Gasteiger partial charge on any atom is 0.204 e. The molecule has 1 spiro atoms. The van der Waals surface area contributed by atoms with Crippen LogP contribution >= 0.6 is 0 Å². The summed E-state index contributed by atoms with van der Waals surface area (Å²) in [7, 11) is 0. The lowest BCUT2D eigenvalue weighted by atomic mass is 10.1. The first kappa shape index (κ1) is 9.44. The molecular weight excluding hydrogens is 168 g/mol. The number of ether oxygens (including phenoxy) is 1. The first-order valence-electron chi connectivity index (χ1n) is 5.19. The molecule has 0 N–H and O–H groups in total. The van der Waals surface area contributed by atoms with E-state index in [-0.39, 0.29) is 0 Å². The Bertz CT molecular complexity index is 175. The molecule has 1 saturated carbocycles. The van der Waals surface area contributed by atoms with Crippen LogP contribution in [0.1, 0.15) is 52.4 Å². The first-order valence-corrected chi connectivity index (χ1v) is 5.19. The third kappa shape index (κ3) is 2.03. The summed E-state index contributed by atoms with van der Waals surface area (Å²) in [5, 5.41) is 0. The van der Waals surface area contributed by atoms with Crippen molar-refractivity contribution in [3.05, 3.63) is 0 Å². The van der Waals surface area contributed by atoms with E-state index in [1.807, 2.05) is 13.8 Å². The minimum absolute atomic E-state index is 0.431. The van der Waals surface area contributed by atoms with Crippen molar-refractivity contribution < 1.29 is 14.5 Å². The summed E-state index contributed by atoms with van der Waals surface area (Å²) in [6.45, 7) is 3.79. The Morgan fingerprint density at radius 1 is 0.846 bits per heavy atom. The van der Waals surface area contributed by atoms with Crippen molar-refractivity contribution in [3.63, 3.8) is 0 Å². The molecule has 0 radical (unpaired) electrons. The number of hydrogen-bond donors (Lipinski definition) is 0. The van der Waals surface area contributed by atoms with Crippen molar-refractivity contribution in [2.24, 2.45) is 0 Å². The SMILES string of the molecule is CC1(C)OOC2(CCCCCC2)O1. The van der Waals surface area contributed by atoms with E-state index < -0.39 is 11.6 Å². The average molecular weight is 186 g/mol. The van der Waals surface area contributed by atoms with Crippen LogP contribution in [0.3, 0.4) is 0 Å². The van der Waals surface area contributed by atoms with Crippen LogP contribution in [-0.4, -0.2) is 11.6 Å². The summed E-state index contributed by atoms with van der Waals surface area (Å²) in [4.78, 5) is 10.5. The fraction of sp³-hybridized carbons (Fsp3) is 1.00.